The standard InChI is InChI=1S/C12H16F2N2O2/c1-4-12(2,3)15-10-6-5-8(16(17)18)7-9(10)11(13)14/h5-7,11,15H,4H2,1-3H3. The number of anilines is 1. The first-order valence-corrected chi connectivity index (χ1v) is 5.61. The van der Waals surface area contributed by atoms with Crippen LogP contribution in [0.1, 0.15) is 39.2 Å². The molecule has 18 heavy (non-hydrogen) atoms. The molecule has 0 aromatic heterocycles. The second-order valence-electron chi connectivity index (χ2n) is 4.69. The number of nitro groups is 1. The molecule has 0 saturated carbocycles. The molecule has 0 spiro atoms. The third-order valence-corrected chi connectivity index (χ3v) is 2.84. The highest BCUT2D eigenvalue weighted by atomic mass is 19.3. The molecule has 1 N–H and O–H groups in total. The lowest BCUT2D eigenvalue weighted by atomic mass is 10.0. The van der Waals surface area contributed by atoms with Gasteiger partial charge in [-0.05, 0) is 26.3 Å². The van der Waals surface area contributed by atoms with Gasteiger partial charge in [0, 0.05) is 28.9 Å². The summed E-state index contributed by atoms with van der Waals surface area (Å²) in [5.74, 6) is 0. The van der Waals surface area contributed by atoms with Crippen LogP contribution in [0.3, 0.4) is 0 Å². The van der Waals surface area contributed by atoms with Gasteiger partial charge in [-0.2, -0.15) is 0 Å². The lowest BCUT2D eigenvalue weighted by Crippen LogP contribution is -2.30. The van der Waals surface area contributed by atoms with Crippen LogP contribution in [0.2, 0.25) is 0 Å². The van der Waals surface area contributed by atoms with E-state index in [2.05, 4.69) is 5.32 Å². The molecule has 4 nitrogen and oxygen atoms in total. The predicted molar refractivity (Wildman–Crippen MR) is 66.0 cm³/mol. The highest BCUT2D eigenvalue weighted by Gasteiger charge is 2.22. The van der Waals surface area contributed by atoms with E-state index in [1.54, 1.807) is 0 Å². The molecule has 0 unspecified atom stereocenters. The van der Waals surface area contributed by atoms with Gasteiger partial charge in [0.05, 0.1) is 4.92 Å². The van der Waals surface area contributed by atoms with Crippen molar-refractivity contribution in [3.05, 3.63) is 33.9 Å². The average Bonchev–Trinajstić information content (AvgIpc) is 2.28. The van der Waals surface area contributed by atoms with Crippen molar-refractivity contribution in [1.29, 1.82) is 0 Å². The summed E-state index contributed by atoms with van der Waals surface area (Å²) in [6.07, 6.45) is -2.01. The van der Waals surface area contributed by atoms with Gasteiger partial charge in [-0.25, -0.2) is 8.78 Å². The number of halogens is 2. The van der Waals surface area contributed by atoms with Crippen molar-refractivity contribution in [3.8, 4) is 0 Å². The molecule has 0 aliphatic rings. The summed E-state index contributed by atoms with van der Waals surface area (Å²) in [5.41, 5.74) is -0.780. The van der Waals surface area contributed by atoms with Crippen LogP contribution < -0.4 is 5.32 Å². The van der Waals surface area contributed by atoms with Crippen LogP contribution in [-0.2, 0) is 0 Å². The third-order valence-electron chi connectivity index (χ3n) is 2.84. The molecule has 0 amide bonds. The Morgan fingerprint density at radius 1 is 1.44 bits per heavy atom. The van der Waals surface area contributed by atoms with Gasteiger partial charge in [-0.3, -0.25) is 10.1 Å². The number of nitro benzene ring substituents is 1. The van der Waals surface area contributed by atoms with Crippen molar-refractivity contribution in [2.75, 3.05) is 5.32 Å². The fraction of sp³-hybridized carbons (Fsp3) is 0.500. The molecule has 0 radical (unpaired) electrons. The maximum Gasteiger partial charge on any atom is 0.270 e. The Kier molecular flexibility index (Phi) is 4.21. The summed E-state index contributed by atoms with van der Waals surface area (Å²) < 4.78 is 25.8. The van der Waals surface area contributed by atoms with Gasteiger partial charge in [0.1, 0.15) is 0 Å². The largest absolute Gasteiger partial charge is 0.380 e. The summed E-state index contributed by atoms with van der Waals surface area (Å²) in [6.45, 7) is 5.69. The summed E-state index contributed by atoms with van der Waals surface area (Å²) in [6, 6.07) is 3.47. The first-order chi connectivity index (χ1) is 8.26. The molecular formula is C12H16F2N2O2. The molecule has 0 aliphatic carbocycles. The zero-order valence-electron chi connectivity index (χ0n) is 10.5. The highest BCUT2D eigenvalue weighted by Crippen LogP contribution is 2.32. The predicted octanol–water partition coefficient (Wildman–Crippen LogP) is 4.13. The maximum absolute atomic E-state index is 12.9. The summed E-state index contributed by atoms with van der Waals surface area (Å²) in [4.78, 5) is 9.89. The second kappa shape index (κ2) is 5.29. The van der Waals surface area contributed by atoms with E-state index in [9.17, 15) is 18.9 Å². The molecule has 0 saturated heterocycles. The van der Waals surface area contributed by atoms with Crippen molar-refractivity contribution in [1.82, 2.24) is 0 Å². The van der Waals surface area contributed by atoms with E-state index in [4.69, 9.17) is 0 Å². The zero-order chi connectivity index (χ0) is 13.9. The van der Waals surface area contributed by atoms with Crippen molar-refractivity contribution >= 4 is 11.4 Å². The lowest BCUT2D eigenvalue weighted by molar-refractivity contribution is -0.385. The number of non-ortho nitro benzene ring substituents is 1. The minimum Gasteiger partial charge on any atom is -0.380 e. The molecule has 1 aromatic rings. The number of rotatable bonds is 5. The molecule has 0 heterocycles. The molecule has 0 fully saturated rings. The van der Waals surface area contributed by atoms with Crippen molar-refractivity contribution in [2.24, 2.45) is 0 Å². The third kappa shape index (κ3) is 3.38. The lowest BCUT2D eigenvalue weighted by Gasteiger charge is -2.27. The normalized spacial score (nSPS) is 11.7. The number of benzene rings is 1. The van der Waals surface area contributed by atoms with Crippen LogP contribution in [-0.4, -0.2) is 10.5 Å². The average molecular weight is 258 g/mol. The summed E-state index contributed by atoms with van der Waals surface area (Å²) in [5, 5.41) is 13.6. The maximum atomic E-state index is 12.9. The Bertz CT molecular complexity index is 448. The number of alkyl halides is 2. The van der Waals surface area contributed by atoms with Crippen LogP contribution in [0.15, 0.2) is 18.2 Å². The van der Waals surface area contributed by atoms with Crippen LogP contribution in [0.4, 0.5) is 20.2 Å². The first-order valence-electron chi connectivity index (χ1n) is 5.61. The summed E-state index contributed by atoms with van der Waals surface area (Å²) >= 11 is 0. The molecular weight excluding hydrogens is 242 g/mol. The van der Waals surface area contributed by atoms with Gasteiger partial charge in [-0.1, -0.05) is 6.92 Å². The van der Waals surface area contributed by atoms with E-state index >= 15 is 0 Å². The van der Waals surface area contributed by atoms with Crippen molar-refractivity contribution in [3.63, 3.8) is 0 Å². The van der Waals surface area contributed by atoms with E-state index in [0.717, 1.165) is 12.5 Å². The zero-order valence-corrected chi connectivity index (χ0v) is 10.5. The van der Waals surface area contributed by atoms with Gasteiger partial charge in [-0.15, -0.1) is 0 Å². The van der Waals surface area contributed by atoms with Crippen molar-refractivity contribution < 1.29 is 13.7 Å². The topological polar surface area (TPSA) is 55.2 Å². The van der Waals surface area contributed by atoms with Gasteiger partial charge in [0.25, 0.3) is 12.1 Å². The Labute approximate surface area is 104 Å². The minimum atomic E-state index is -2.75. The molecule has 1 aromatic carbocycles. The van der Waals surface area contributed by atoms with Crippen LogP contribution in [0.5, 0.6) is 0 Å². The van der Waals surface area contributed by atoms with Crippen molar-refractivity contribution in [2.45, 2.75) is 39.2 Å². The Hall–Kier alpha value is -1.72. The minimum absolute atomic E-state index is 0.238. The van der Waals surface area contributed by atoms with Gasteiger partial charge >= 0.3 is 0 Å². The summed E-state index contributed by atoms with van der Waals surface area (Å²) in [7, 11) is 0. The Morgan fingerprint density at radius 2 is 2.06 bits per heavy atom. The molecule has 0 atom stereocenters. The van der Waals surface area contributed by atoms with E-state index in [1.165, 1.54) is 12.1 Å². The van der Waals surface area contributed by atoms with Gasteiger partial charge in [0.15, 0.2) is 0 Å². The van der Waals surface area contributed by atoms with Crippen LogP contribution >= 0.6 is 0 Å². The first kappa shape index (κ1) is 14.3. The molecule has 6 heteroatoms. The molecule has 0 bridgehead atoms. The molecule has 0 aliphatic heterocycles. The van der Waals surface area contributed by atoms with Crippen LogP contribution in [0, 0.1) is 10.1 Å². The van der Waals surface area contributed by atoms with E-state index in [0.29, 0.717) is 0 Å². The Balaban J connectivity index is 3.16. The SMILES string of the molecule is CCC(C)(C)Nc1ccc([N+](=O)[O-])cc1C(F)F. The Morgan fingerprint density at radius 3 is 2.50 bits per heavy atom. The van der Waals surface area contributed by atoms with Gasteiger partial charge in [0.2, 0.25) is 0 Å². The fourth-order valence-electron chi connectivity index (χ4n) is 1.41. The molecule has 100 valence electrons. The fourth-order valence-corrected chi connectivity index (χ4v) is 1.41. The highest BCUT2D eigenvalue weighted by molar-refractivity contribution is 5.57. The number of nitrogens with one attached hydrogen (secondary N) is 1. The number of hydrogen-bond donors (Lipinski definition) is 1. The van der Waals surface area contributed by atoms with Crippen LogP contribution in [0.25, 0.3) is 0 Å². The monoisotopic (exact) mass is 258 g/mol. The van der Waals surface area contributed by atoms with E-state index in [1.807, 2.05) is 20.8 Å². The van der Waals surface area contributed by atoms with E-state index in [-0.39, 0.29) is 22.5 Å². The number of nitrogens with zero attached hydrogens (tertiary/aromatic N) is 1. The smallest absolute Gasteiger partial charge is 0.270 e. The van der Waals surface area contributed by atoms with Gasteiger partial charge < -0.3 is 5.32 Å². The molecule has 1 rings (SSSR count). The van der Waals surface area contributed by atoms with E-state index < -0.39 is 11.3 Å². The second-order valence-corrected chi connectivity index (χ2v) is 4.69. The quantitative estimate of drug-likeness (QED) is 0.638. The number of hydrogen-bond acceptors (Lipinski definition) is 3.